The zero-order valence-electron chi connectivity index (χ0n) is 5.57. The smallest absolute Gasteiger partial charge is 0.214 e. The van der Waals surface area contributed by atoms with E-state index in [1.807, 2.05) is 5.38 Å². The lowest BCUT2D eigenvalue weighted by atomic mass is 10.8. The van der Waals surface area contributed by atoms with E-state index in [2.05, 4.69) is 10.7 Å². The van der Waals surface area contributed by atoms with Gasteiger partial charge < -0.3 is 11.5 Å². The van der Waals surface area contributed by atoms with Crippen molar-refractivity contribution in [3.63, 3.8) is 0 Å². The van der Waals surface area contributed by atoms with Gasteiger partial charge in [0.25, 0.3) is 0 Å². The topological polar surface area (TPSA) is 82.0 Å². The molecule has 0 unspecified atom stereocenters. The number of hydrogen-bond donors (Lipinski definition) is 2. The van der Waals surface area contributed by atoms with Crippen LogP contribution in [0, 0.1) is 0 Å². The molecule has 0 atom stereocenters. The van der Waals surface area contributed by atoms with Gasteiger partial charge in [0, 0.05) is 18.5 Å². The molecule has 4 N–H and O–H groups in total. The third-order valence-corrected chi connectivity index (χ3v) is 1.06. The summed E-state index contributed by atoms with van der Waals surface area (Å²) in [4.78, 5) is 12.9. The van der Waals surface area contributed by atoms with Gasteiger partial charge in [0.2, 0.25) is 5.91 Å². The number of carbonyl (C=O) groups excluding carboxylic acids is 1. The van der Waals surface area contributed by atoms with E-state index >= 15 is 0 Å². The molecule has 0 fully saturated rings. The summed E-state index contributed by atoms with van der Waals surface area (Å²) in [6.07, 6.45) is 1.68. The maximum absolute atomic E-state index is 9.22. The summed E-state index contributed by atoms with van der Waals surface area (Å²) in [7, 11) is 0. The van der Waals surface area contributed by atoms with Crippen LogP contribution in [0.15, 0.2) is 11.6 Å². The second kappa shape index (κ2) is 4.75. The zero-order chi connectivity index (χ0) is 7.98. The summed E-state index contributed by atoms with van der Waals surface area (Å²) < 4.78 is 0. The number of amides is 1. The van der Waals surface area contributed by atoms with E-state index in [0.717, 1.165) is 0 Å². The van der Waals surface area contributed by atoms with Crippen molar-refractivity contribution in [3.8, 4) is 0 Å². The number of anilines is 1. The molecule has 0 aliphatic carbocycles. The highest BCUT2D eigenvalue weighted by Crippen LogP contribution is 2.02. The van der Waals surface area contributed by atoms with Gasteiger partial charge in [-0.05, 0) is 0 Å². The summed E-state index contributed by atoms with van der Waals surface area (Å²) in [5.74, 6) is -0.333. The standard InChI is InChI=1S/C3H4N2S.C2H5NO/c4-3-5-1-2-6-3;1-2(3)4/h1-2H,(H2,4,5);1H3,(H2,3,4). The van der Waals surface area contributed by atoms with Gasteiger partial charge in [-0.15, -0.1) is 11.3 Å². The first-order chi connectivity index (χ1) is 4.63. The Balaban J connectivity index is 0.000000180. The Morgan fingerprint density at radius 2 is 2.30 bits per heavy atom. The van der Waals surface area contributed by atoms with Crippen molar-refractivity contribution in [2.75, 3.05) is 5.73 Å². The minimum atomic E-state index is -0.333. The molecule has 1 amide bonds. The average Bonchev–Trinajstić information content (AvgIpc) is 2.15. The van der Waals surface area contributed by atoms with E-state index < -0.39 is 0 Å². The second-order valence-corrected chi connectivity index (χ2v) is 2.41. The van der Waals surface area contributed by atoms with E-state index in [1.165, 1.54) is 18.3 Å². The minimum absolute atomic E-state index is 0.333. The van der Waals surface area contributed by atoms with Gasteiger partial charge in [-0.2, -0.15) is 0 Å². The van der Waals surface area contributed by atoms with E-state index in [-0.39, 0.29) is 5.91 Å². The first-order valence-corrected chi connectivity index (χ1v) is 3.42. The first-order valence-electron chi connectivity index (χ1n) is 2.54. The second-order valence-electron chi connectivity index (χ2n) is 1.48. The number of hydrogen-bond acceptors (Lipinski definition) is 4. The number of aromatic nitrogens is 1. The predicted molar refractivity (Wildman–Crippen MR) is 41.4 cm³/mol. The molecule has 4 nitrogen and oxygen atoms in total. The van der Waals surface area contributed by atoms with Gasteiger partial charge in [0.05, 0.1) is 0 Å². The highest BCUT2D eigenvalue weighted by atomic mass is 32.1. The molecule has 5 heteroatoms. The van der Waals surface area contributed by atoms with Crippen LogP contribution in [0.4, 0.5) is 5.13 Å². The van der Waals surface area contributed by atoms with Gasteiger partial charge >= 0.3 is 0 Å². The molecule has 0 aliphatic heterocycles. The molecule has 1 heterocycles. The molecule has 10 heavy (non-hydrogen) atoms. The lowest BCUT2D eigenvalue weighted by Gasteiger charge is -1.67. The fourth-order valence-corrected chi connectivity index (χ4v) is 0.617. The monoisotopic (exact) mass is 159 g/mol. The van der Waals surface area contributed by atoms with Gasteiger partial charge in [-0.3, -0.25) is 4.79 Å². The van der Waals surface area contributed by atoms with Gasteiger partial charge in [-0.25, -0.2) is 4.98 Å². The molecule has 0 spiro atoms. The molecule has 0 aliphatic rings. The number of carbonyl (C=O) groups is 1. The molecule has 1 aromatic heterocycles. The molecule has 0 radical (unpaired) electrons. The van der Waals surface area contributed by atoms with Crippen LogP contribution in [0.5, 0.6) is 0 Å². The quantitative estimate of drug-likeness (QED) is 0.568. The first kappa shape index (κ1) is 8.90. The Bertz CT molecular complexity index is 181. The van der Waals surface area contributed by atoms with Crippen LogP contribution in [0.25, 0.3) is 0 Å². The van der Waals surface area contributed by atoms with E-state index in [0.29, 0.717) is 5.13 Å². The lowest BCUT2D eigenvalue weighted by Crippen LogP contribution is -2.01. The number of nitrogens with zero attached hydrogens (tertiary/aromatic N) is 1. The number of rotatable bonds is 0. The third-order valence-electron chi connectivity index (χ3n) is 0.451. The van der Waals surface area contributed by atoms with Crippen molar-refractivity contribution in [1.29, 1.82) is 0 Å². The van der Waals surface area contributed by atoms with E-state index in [4.69, 9.17) is 5.73 Å². The molecular weight excluding hydrogens is 150 g/mol. The fourth-order valence-electron chi connectivity index (χ4n) is 0.234. The van der Waals surface area contributed by atoms with E-state index in [1.54, 1.807) is 6.20 Å². The van der Waals surface area contributed by atoms with Crippen molar-refractivity contribution >= 4 is 22.4 Å². The number of nitrogens with two attached hydrogens (primary N) is 2. The normalized spacial score (nSPS) is 7.70. The third kappa shape index (κ3) is 6.90. The van der Waals surface area contributed by atoms with Crippen LogP contribution in [-0.4, -0.2) is 10.9 Å². The molecule has 0 saturated heterocycles. The van der Waals surface area contributed by atoms with E-state index in [9.17, 15) is 4.79 Å². The summed E-state index contributed by atoms with van der Waals surface area (Å²) in [5.41, 5.74) is 9.66. The fraction of sp³-hybridized carbons (Fsp3) is 0.200. The van der Waals surface area contributed by atoms with Crippen molar-refractivity contribution in [3.05, 3.63) is 11.6 Å². The molecule has 0 saturated carbocycles. The van der Waals surface area contributed by atoms with Crippen LogP contribution in [0.1, 0.15) is 6.92 Å². The highest BCUT2D eigenvalue weighted by Gasteiger charge is 1.76. The number of nitrogen functional groups attached to an aromatic ring is 1. The minimum Gasteiger partial charge on any atom is -0.375 e. The summed E-state index contributed by atoms with van der Waals surface area (Å²) in [5, 5.41) is 2.48. The molecular formula is C5H9N3OS. The predicted octanol–water partition coefficient (Wildman–Crippen LogP) is 0.217. The molecule has 1 aromatic rings. The molecule has 56 valence electrons. The number of primary amides is 1. The number of thiazole rings is 1. The Labute approximate surface area is 62.9 Å². The van der Waals surface area contributed by atoms with Gasteiger partial charge in [0.15, 0.2) is 5.13 Å². The summed E-state index contributed by atoms with van der Waals surface area (Å²) in [6, 6.07) is 0. The van der Waals surface area contributed by atoms with Crippen LogP contribution in [0.2, 0.25) is 0 Å². The maximum atomic E-state index is 9.22. The largest absolute Gasteiger partial charge is 0.375 e. The maximum Gasteiger partial charge on any atom is 0.214 e. The Morgan fingerprint density at radius 1 is 1.80 bits per heavy atom. The van der Waals surface area contributed by atoms with Crippen LogP contribution >= 0.6 is 11.3 Å². The van der Waals surface area contributed by atoms with Crippen molar-refractivity contribution < 1.29 is 4.79 Å². The van der Waals surface area contributed by atoms with Crippen molar-refractivity contribution in [1.82, 2.24) is 4.98 Å². The van der Waals surface area contributed by atoms with Gasteiger partial charge in [0.1, 0.15) is 0 Å². The van der Waals surface area contributed by atoms with Crippen LogP contribution < -0.4 is 11.5 Å². The molecule has 0 aromatic carbocycles. The lowest BCUT2D eigenvalue weighted by molar-refractivity contribution is -0.115. The Hall–Kier alpha value is -1.10. The van der Waals surface area contributed by atoms with Crippen LogP contribution in [0.3, 0.4) is 0 Å². The molecule has 0 bridgehead atoms. The van der Waals surface area contributed by atoms with Crippen molar-refractivity contribution in [2.24, 2.45) is 5.73 Å². The zero-order valence-corrected chi connectivity index (χ0v) is 6.39. The highest BCUT2D eigenvalue weighted by molar-refractivity contribution is 7.13. The van der Waals surface area contributed by atoms with Crippen LogP contribution in [-0.2, 0) is 4.79 Å². The Kier molecular flexibility index (Phi) is 4.23. The summed E-state index contributed by atoms with van der Waals surface area (Å²) in [6.45, 7) is 1.31. The van der Waals surface area contributed by atoms with Crippen molar-refractivity contribution in [2.45, 2.75) is 6.92 Å². The molecule has 1 rings (SSSR count). The summed E-state index contributed by atoms with van der Waals surface area (Å²) >= 11 is 1.44. The Morgan fingerprint density at radius 3 is 2.40 bits per heavy atom. The van der Waals surface area contributed by atoms with Gasteiger partial charge in [-0.1, -0.05) is 0 Å². The average molecular weight is 159 g/mol. The SMILES string of the molecule is CC(N)=O.Nc1nccs1.